The van der Waals surface area contributed by atoms with E-state index in [1.807, 2.05) is 31.2 Å². The Hall–Kier alpha value is -2.62. The highest BCUT2D eigenvalue weighted by Gasteiger charge is 2.12. The largest absolute Gasteiger partial charge is 0.349 e. The van der Waals surface area contributed by atoms with Crippen LogP contribution in [0.5, 0.6) is 0 Å². The Morgan fingerprint density at radius 3 is 2.65 bits per heavy atom. The average Bonchev–Trinajstić information content (AvgIpc) is 2.92. The molecule has 1 amide bonds. The van der Waals surface area contributed by atoms with Gasteiger partial charge in [-0.1, -0.05) is 43.3 Å². The van der Waals surface area contributed by atoms with Gasteiger partial charge in [0.1, 0.15) is 5.82 Å². The molecule has 0 aliphatic rings. The van der Waals surface area contributed by atoms with Gasteiger partial charge in [-0.2, -0.15) is 0 Å². The minimum absolute atomic E-state index is 0.0412. The van der Waals surface area contributed by atoms with E-state index >= 15 is 0 Å². The summed E-state index contributed by atoms with van der Waals surface area (Å²) in [5.41, 5.74) is 4.57. The summed E-state index contributed by atoms with van der Waals surface area (Å²) in [6, 6.07) is 16.5. The van der Waals surface area contributed by atoms with Crippen molar-refractivity contribution < 1.29 is 4.79 Å². The molecule has 2 aromatic carbocycles. The van der Waals surface area contributed by atoms with Crippen molar-refractivity contribution in [1.29, 1.82) is 0 Å². The smallest absolute Gasteiger partial charge is 0.220 e. The predicted octanol–water partition coefficient (Wildman–Crippen LogP) is 3.42. The van der Waals surface area contributed by atoms with Gasteiger partial charge in [-0.15, -0.1) is 0 Å². The van der Waals surface area contributed by atoms with Crippen LogP contribution in [0.15, 0.2) is 48.5 Å². The van der Waals surface area contributed by atoms with Gasteiger partial charge in [-0.25, -0.2) is 4.98 Å². The van der Waals surface area contributed by atoms with Gasteiger partial charge < -0.3 is 9.88 Å². The van der Waals surface area contributed by atoms with Gasteiger partial charge >= 0.3 is 0 Å². The summed E-state index contributed by atoms with van der Waals surface area (Å²) in [5, 5.41) is 2.93. The summed E-state index contributed by atoms with van der Waals surface area (Å²) >= 11 is 0. The van der Waals surface area contributed by atoms with Crippen LogP contribution in [0.3, 0.4) is 0 Å². The van der Waals surface area contributed by atoms with E-state index in [1.165, 1.54) is 11.1 Å². The molecule has 0 aliphatic heterocycles. The third-order valence-corrected chi connectivity index (χ3v) is 4.09. The van der Waals surface area contributed by atoms with Gasteiger partial charge in [0, 0.05) is 13.0 Å². The molecular weight excluding hydrogens is 286 g/mol. The zero-order valence-corrected chi connectivity index (χ0v) is 13.5. The van der Waals surface area contributed by atoms with E-state index in [2.05, 4.69) is 41.1 Å². The highest BCUT2D eigenvalue weighted by atomic mass is 16.1. The minimum Gasteiger partial charge on any atom is -0.349 e. The molecule has 4 heteroatoms. The van der Waals surface area contributed by atoms with Crippen LogP contribution in [-0.2, 0) is 17.9 Å². The van der Waals surface area contributed by atoms with Gasteiger partial charge in [0.15, 0.2) is 0 Å². The van der Waals surface area contributed by atoms with Crippen molar-refractivity contribution in [3.05, 3.63) is 65.5 Å². The number of aromatic nitrogens is 2. The molecule has 0 unspecified atom stereocenters. The van der Waals surface area contributed by atoms with E-state index < -0.39 is 0 Å². The topological polar surface area (TPSA) is 46.9 Å². The summed E-state index contributed by atoms with van der Waals surface area (Å²) < 4.78 is 2.19. The van der Waals surface area contributed by atoms with Crippen molar-refractivity contribution in [2.24, 2.45) is 0 Å². The SMILES string of the molecule is CCC(=O)NCc1nc2ccccc2n1Cc1ccccc1C. The Labute approximate surface area is 136 Å². The van der Waals surface area contributed by atoms with Gasteiger partial charge in [0.05, 0.1) is 17.6 Å². The number of aryl methyl sites for hydroxylation is 1. The monoisotopic (exact) mass is 307 g/mol. The predicted molar refractivity (Wildman–Crippen MR) is 92.2 cm³/mol. The first-order chi connectivity index (χ1) is 11.2. The minimum atomic E-state index is 0.0412. The van der Waals surface area contributed by atoms with E-state index in [0.29, 0.717) is 13.0 Å². The van der Waals surface area contributed by atoms with E-state index in [9.17, 15) is 4.79 Å². The number of nitrogens with zero attached hydrogens (tertiary/aromatic N) is 2. The maximum Gasteiger partial charge on any atom is 0.220 e. The summed E-state index contributed by atoms with van der Waals surface area (Å²) in [5.74, 6) is 0.927. The Balaban J connectivity index is 1.99. The quantitative estimate of drug-likeness (QED) is 0.785. The van der Waals surface area contributed by atoms with Crippen LogP contribution in [0, 0.1) is 6.92 Å². The first-order valence-electron chi connectivity index (χ1n) is 7.94. The molecule has 0 saturated carbocycles. The standard InChI is InChI=1S/C19H21N3O/c1-3-19(23)20-12-18-21-16-10-6-7-11-17(16)22(18)13-15-9-5-4-8-14(15)2/h4-11H,3,12-13H2,1-2H3,(H,20,23). The van der Waals surface area contributed by atoms with Crippen molar-refractivity contribution in [3.63, 3.8) is 0 Å². The first-order valence-corrected chi connectivity index (χ1v) is 7.94. The normalized spacial score (nSPS) is 10.9. The number of carbonyl (C=O) groups excluding carboxylic acids is 1. The Kier molecular flexibility index (Phi) is 4.42. The van der Waals surface area contributed by atoms with Gasteiger partial charge in [0.25, 0.3) is 0 Å². The number of fused-ring (bicyclic) bond motifs is 1. The number of carbonyl (C=O) groups is 1. The zero-order valence-electron chi connectivity index (χ0n) is 13.5. The van der Waals surface area contributed by atoms with Crippen LogP contribution in [0.2, 0.25) is 0 Å². The highest BCUT2D eigenvalue weighted by Crippen LogP contribution is 2.19. The van der Waals surface area contributed by atoms with Crippen LogP contribution < -0.4 is 5.32 Å². The number of hydrogen-bond acceptors (Lipinski definition) is 2. The molecule has 0 bridgehead atoms. The van der Waals surface area contributed by atoms with Crippen molar-refractivity contribution in [3.8, 4) is 0 Å². The third-order valence-electron chi connectivity index (χ3n) is 4.09. The summed E-state index contributed by atoms with van der Waals surface area (Å²) in [6.45, 7) is 5.18. The number of hydrogen-bond donors (Lipinski definition) is 1. The fraction of sp³-hybridized carbons (Fsp3) is 0.263. The van der Waals surface area contributed by atoms with Crippen LogP contribution in [0.1, 0.15) is 30.3 Å². The zero-order chi connectivity index (χ0) is 16.2. The molecule has 1 N–H and O–H groups in total. The molecule has 23 heavy (non-hydrogen) atoms. The molecule has 118 valence electrons. The summed E-state index contributed by atoms with van der Waals surface area (Å²) in [6.07, 6.45) is 0.484. The Morgan fingerprint density at radius 2 is 1.87 bits per heavy atom. The second kappa shape index (κ2) is 6.65. The maximum absolute atomic E-state index is 11.6. The van der Waals surface area contributed by atoms with Crippen molar-refractivity contribution in [2.75, 3.05) is 0 Å². The van der Waals surface area contributed by atoms with E-state index in [-0.39, 0.29) is 5.91 Å². The number of benzene rings is 2. The third kappa shape index (κ3) is 3.26. The Morgan fingerprint density at radius 1 is 1.13 bits per heavy atom. The van der Waals surface area contributed by atoms with Gasteiger partial charge in [-0.05, 0) is 30.2 Å². The molecule has 3 aromatic rings. The number of imidazole rings is 1. The lowest BCUT2D eigenvalue weighted by Gasteiger charge is -2.12. The highest BCUT2D eigenvalue weighted by molar-refractivity contribution is 5.77. The maximum atomic E-state index is 11.6. The second-order valence-electron chi connectivity index (χ2n) is 5.66. The molecule has 1 heterocycles. The lowest BCUT2D eigenvalue weighted by molar-refractivity contribution is -0.120. The molecule has 4 nitrogen and oxygen atoms in total. The lowest BCUT2D eigenvalue weighted by Crippen LogP contribution is -2.23. The molecular formula is C19H21N3O. The number of nitrogens with one attached hydrogen (secondary N) is 1. The van der Waals surface area contributed by atoms with Crippen molar-refractivity contribution in [1.82, 2.24) is 14.9 Å². The molecule has 0 aliphatic carbocycles. The fourth-order valence-corrected chi connectivity index (χ4v) is 2.70. The van der Waals surface area contributed by atoms with E-state index in [1.54, 1.807) is 0 Å². The number of para-hydroxylation sites is 2. The van der Waals surface area contributed by atoms with Crippen molar-refractivity contribution in [2.45, 2.75) is 33.4 Å². The van der Waals surface area contributed by atoms with Gasteiger partial charge in [0.2, 0.25) is 5.91 Å². The van der Waals surface area contributed by atoms with Crippen molar-refractivity contribution >= 4 is 16.9 Å². The number of rotatable bonds is 5. The summed E-state index contributed by atoms with van der Waals surface area (Å²) in [7, 11) is 0. The van der Waals surface area contributed by atoms with Crippen LogP contribution >= 0.6 is 0 Å². The lowest BCUT2D eigenvalue weighted by atomic mass is 10.1. The number of amides is 1. The molecule has 0 fully saturated rings. The molecule has 0 spiro atoms. The Bertz CT molecular complexity index is 836. The molecule has 0 saturated heterocycles. The second-order valence-corrected chi connectivity index (χ2v) is 5.66. The molecule has 3 rings (SSSR count). The molecule has 0 radical (unpaired) electrons. The van der Waals surface area contributed by atoms with Crippen LogP contribution in [0.4, 0.5) is 0 Å². The van der Waals surface area contributed by atoms with E-state index in [0.717, 1.165) is 23.4 Å². The van der Waals surface area contributed by atoms with Crippen LogP contribution in [0.25, 0.3) is 11.0 Å². The summed E-state index contributed by atoms with van der Waals surface area (Å²) in [4.78, 5) is 16.3. The fourth-order valence-electron chi connectivity index (χ4n) is 2.70. The van der Waals surface area contributed by atoms with E-state index in [4.69, 9.17) is 4.98 Å². The van der Waals surface area contributed by atoms with Gasteiger partial charge in [-0.3, -0.25) is 4.79 Å². The average molecular weight is 307 g/mol. The van der Waals surface area contributed by atoms with Crippen LogP contribution in [-0.4, -0.2) is 15.5 Å². The first kappa shape index (κ1) is 15.3. The molecule has 1 aromatic heterocycles. The molecule has 0 atom stereocenters.